The van der Waals surface area contributed by atoms with Gasteiger partial charge in [0.05, 0.1) is 12.7 Å². The lowest BCUT2D eigenvalue weighted by atomic mass is 9.81. The predicted octanol–water partition coefficient (Wildman–Crippen LogP) is 4.47. The van der Waals surface area contributed by atoms with E-state index in [0.29, 0.717) is 35.8 Å². The molecule has 0 saturated carbocycles. The average molecular weight is 620 g/mol. The number of nitrogens with zero attached hydrogens (tertiary/aromatic N) is 1. The molecule has 0 unspecified atom stereocenters. The molecule has 2 N–H and O–H groups in total. The SMILES string of the molecule is C#C.CCCc1c(Br)c2c(c(=O)n1C)C(=O)c1c(ccc3c(OC)c4oc5c(c(=O)c4c(O)c13)CCC[C@@H]5O)C2=O. The van der Waals surface area contributed by atoms with Crippen molar-refractivity contribution in [2.45, 2.75) is 45.1 Å². The van der Waals surface area contributed by atoms with E-state index in [1.807, 2.05) is 6.92 Å². The Morgan fingerprint density at radius 3 is 2.46 bits per heavy atom. The Morgan fingerprint density at radius 2 is 1.80 bits per heavy atom. The molecule has 0 radical (unpaired) electrons. The first-order valence-corrected chi connectivity index (χ1v) is 13.8. The second-order valence-corrected chi connectivity index (χ2v) is 10.8. The number of halogens is 1. The molecule has 0 bridgehead atoms. The van der Waals surface area contributed by atoms with Crippen molar-refractivity contribution in [2.75, 3.05) is 7.11 Å². The van der Waals surface area contributed by atoms with Gasteiger partial charge in [-0.05, 0) is 53.7 Å². The Bertz CT molecular complexity index is 1960. The minimum absolute atomic E-state index is 0.00544. The zero-order valence-corrected chi connectivity index (χ0v) is 24.2. The Hall–Kier alpha value is -4.20. The number of pyridine rings is 1. The fourth-order valence-electron chi connectivity index (χ4n) is 5.98. The highest BCUT2D eigenvalue weighted by Gasteiger charge is 2.39. The second kappa shape index (κ2) is 10.3. The Labute approximate surface area is 242 Å². The van der Waals surface area contributed by atoms with Crippen molar-refractivity contribution in [1.29, 1.82) is 0 Å². The number of rotatable bonds is 3. The number of carbonyl (C=O) groups excluding carboxylic acids is 2. The number of carbonyl (C=O) groups is 2. The van der Waals surface area contributed by atoms with Crippen LogP contribution in [0.5, 0.6) is 11.5 Å². The van der Waals surface area contributed by atoms with E-state index in [9.17, 15) is 29.4 Å². The van der Waals surface area contributed by atoms with Gasteiger partial charge >= 0.3 is 0 Å². The third-order valence-electron chi connectivity index (χ3n) is 7.84. The minimum Gasteiger partial charge on any atom is -0.506 e. The highest BCUT2D eigenvalue weighted by atomic mass is 79.9. The monoisotopic (exact) mass is 619 g/mol. The molecule has 9 nitrogen and oxygen atoms in total. The van der Waals surface area contributed by atoms with Crippen molar-refractivity contribution in [3.63, 3.8) is 0 Å². The summed E-state index contributed by atoms with van der Waals surface area (Å²) in [5.41, 5.74) is -0.849. The maximum Gasteiger partial charge on any atom is 0.262 e. The summed E-state index contributed by atoms with van der Waals surface area (Å²) in [5, 5.41) is 22.0. The fraction of sp³-hybridized carbons (Fsp3) is 0.290. The van der Waals surface area contributed by atoms with Gasteiger partial charge in [-0.3, -0.25) is 19.2 Å². The van der Waals surface area contributed by atoms with E-state index in [4.69, 9.17) is 9.15 Å². The third kappa shape index (κ3) is 3.80. The van der Waals surface area contributed by atoms with Crippen molar-refractivity contribution in [3.8, 4) is 24.3 Å². The van der Waals surface area contributed by atoms with E-state index in [0.717, 1.165) is 6.42 Å². The van der Waals surface area contributed by atoms with Crippen LogP contribution in [-0.4, -0.2) is 33.5 Å². The summed E-state index contributed by atoms with van der Waals surface area (Å²) in [6, 6.07) is 2.96. The average Bonchev–Trinajstić information content (AvgIpc) is 2.97. The first-order valence-electron chi connectivity index (χ1n) is 13.0. The number of aliphatic hydroxyl groups is 1. The number of phenolic OH excluding ortho intramolecular Hbond substituents is 1. The number of terminal acetylenes is 1. The van der Waals surface area contributed by atoms with Crippen LogP contribution in [0.25, 0.3) is 21.7 Å². The maximum absolute atomic E-state index is 14.0. The van der Waals surface area contributed by atoms with E-state index < -0.39 is 34.4 Å². The zero-order chi connectivity index (χ0) is 29.9. The normalized spacial score (nSPS) is 15.6. The summed E-state index contributed by atoms with van der Waals surface area (Å²) < 4.78 is 13.3. The number of aromatic nitrogens is 1. The molecule has 0 spiro atoms. The Balaban J connectivity index is 0.00000165. The summed E-state index contributed by atoms with van der Waals surface area (Å²) in [6.07, 6.45) is 9.61. The highest BCUT2D eigenvalue weighted by Crippen LogP contribution is 2.47. The van der Waals surface area contributed by atoms with Crippen LogP contribution in [0.4, 0.5) is 0 Å². The molecule has 2 aliphatic carbocycles. The van der Waals surface area contributed by atoms with Crippen LogP contribution in [-0.2, 0) is 19.9 Å². The van der Waals surface area contributed by atoms with Gasteiger partial charge in [0, 0.05) is 44.7 Å². The molecule has 0 saturated heterocycles. The molecule has 1 atom stereocenters. The zero-order valence-electron chi connectivity index (χ0n) is 22.6. The largest absolute Gasteiger partial charge is 0.506 e. The molecule has 0 fully saturated rings. The number of aliphatic hydroxyl groups excluding tert-OH is 1. The first-order chi connectivity index (χ1) is 19.6. The summed E-state index contributed by atoms with van der Waals surface area (Å²) in [7, 11) is 2.90. The molecule has 2 aromatic heterocycles. The van der Waals surface area contributed by atoms with Crippen LogP contribution < -0.4 is 15.7 Å². The van der Waals surface area contributed by atoms with Gasteiger partial charge in [-0.15, -0.1) is 12.8 Å². The number of methoxy groups -OCH3 is 1. The van der Waals surface area contributed by atoms with Gasteiger partial charge in [-0.1, -0.05) is 13.3 Å². The van der Waals surface area contributed by atoms with Gasteiger partial charge in [0.15, 0.2) is 22.5 Å². The Morgan fingerprint density at radius 1 is 1.10 bits per heavy atom. The number of hydrogen-bond acceptors (Lipinski definition) is 8. The van der Waals surface area contributed by atoms with Gasteiger partial charge in [0.25, 0.3) is 5.56 Å². The van der Waals surface area contributed by atoms with Crippen LogP contribution in [0.3, 0.4) is 0 Å². The quantitative estimate of drug-likeness (QED) is 0.223. The summed E-state index contributed by atoms with van der Waals surface area (Å²) >= 11 is 3.47. The van der Waals surface area contributed by atoms with E-state index in [1.165, 1.54) is 23.8 Å². The van der Waals surface area contributed by atoms with Gasteiger partial charge in [0.2, 0.25) is 5.78 Å². The van der Waals surface area contributed by atoms with E-state index in [2.05, 4.69) is 28.8 Å². The van der Waals surface area contributed by atoms with E-state index in [-0.39, 0.29) is 61.1 Å². The van der Waals surface area contributed by atoms with Crippen molar-refractivity contribution in [1.82, 2.24) is 4.57 Å². The Kier molecular flexibility index (Phi) is 7.14. The summed E-state index contributed by atoms with van der Waals surface area (Å²) in [4.78, 5) is 54.9. The van der Waals surface area contributed by atoms with Crippen molar-refractivity contribution < 1.29 is 29.0 Å². The molecule has 0 amide bonds. The smallest absolute Gasteiger partial charge is 0.262 e. The molecule has 10 heteroatoms. The number of ether oxygens (including phenoxy) is 1. The molecule has 210 valence electrons. The lowest BCUT2D eigenvalue weighted by Gasteiger charge is -2.24. The standard InChI is InChI=1S/C29H24BrNO8.C2H2/c1-4-6-14-21(30)18-19(29(37)31(14)2)24(35)16-11(22(18)33)9-10-12-17(16)25(36)20-23(34)13-7-5-8-15(32)26(13)39-28(20)27(12)38-3;1-2/h9-10,15,32,36H,4-8H2,1-3H3;1-2H/t15-;/m0./s1. The molecule has 6 rings (SSSR count). The lowest BCUT2D eigenvalue weighted by Crippen LogP contribution is -2.35. The number of phenols is 1. The first kappa shape index (κ1) is 28.3. The van der Waals surface area contributed by atoms with Gasteiger partial charge in [-0.2, -0.15) is 0 Å². The fourth-order valence-corrected chi connectivity index (χ4v) is 6.82. The molecule has 2 heterocycles. The predicted molar refractivity (Wildman–Crippen MR) is 156 cm³/mol. The van der Waals surface area contributed by atoms with Crippen LogP contribution in [0.2, 0.25) is 0 Å². The van der Waals surface area contributed by atoms with Gasteiger partial charge < -0.3 is 23.9 Å². The van der Waals surface area contributed by atoms with Crippen LogP contribution in [0.1, 0.15) is 81.2 Å². The van der Waals surface area contributed by atoms with E-state index in [1.54, 1.807) is 7.05 Å². The van der Waals surface area contributed by atoms with E-state index >= 15 is 0 Å². The number of ketones is 2. The molecule has 2 aliphatic rings. The number of aromatic hydroxyl groups is 1. The molecule has 2 aromatic carbocycles. The molecular formula is C31H26BrNO8. The maximum atomic E-state index is 14.0. The number of fused-ring (bicyclic) bond motifs is 6. The van der Waals surface area contributed by atoms with Crippen molar-refractivity contribution in [3.05, 3.63) is 76.5 Å². The molecule has 41 heavy (non-hydrogen) atoms. The lowest BCUT2D eigenvalue weighted by molar-refractivity contribution is 0.0977. The van der Waals surface area contributed by atoms with Gasteiger partial charge in [0.1, 0.15) is 28.6 Å². The van der Waals surface area contributed by atoms with Gasteiger partial charge in [-0.25, -0.2) is 0 Å². The second-order valence-electron chi connectivity index (χ2n) is 9.96. The summed E-state index contributed by atoms with van der Waals surface area (Å²) in [5.74, 6) is -1.62. The molecular weight excluding hydrogens is 594 g/mol. The summed E-state index contributed by atoms with van der Waals surface area (Å²) in [6.45, 7) is 1.94. The number of benzene rings is 2. The van der Waals surface area contributed by atoms with Crippen molar-refractivity contribution >= 4 is 49.2 Å². The highest BCUT2D eigenvalue weighted by molar-refractivity contribution is 9.10. The van der Waals surface area contributed by atoms with Crippen LogP contribution >= 0.6 is 15.9 Å². The van der Waals surface area contributed by atoms with Crippen LogP contribution in [0.15, 0.2) is 30.6 Å². The van der Waals surface area contributed by atoms with Crippen LogP contribution in [0, 0.1) is 12.8 Å². The number of hydrogen-bond donors (Lipinski definition) is 2. The van der Waals surface area contributed by atoms with Crippen molar-refractivity contribution in [2.24, 2.45) is 7.05 Å². The third-order valence-corrected chi connectivity index (χ3v) is 8.69. The molecule has 4 aromatic rings. The minimum atomic E-state index is -0.972. The molecule has 0 aliphatic heterocycles. The topological polar surface area (TPSA) is 136 Å².